The van der Waals surface area contributed by atoms with E-state index in [2.05, 4.69) is 4.99 Å². The van der Waals surface area contributed by atoms with Gasteiger partial charge in [0.2, 0.25) is 6.08 Å². The Kier molecular flexibility index (Phi) is 3.07. The van der Waals surface area contributed by atoms with Crippen molar-refractivity contribution in [2.45, 2.75) is 12.3 Å². The van der Waals surface area contributed by atoms with Crippen LogP contribution in [0.3, 0.4) is 0 Å². The summed E-state index contributed by atoms with van der Waals surface area (Å²) in [6, 6.07) is 0. The fourth-order valence-electron chi connectivity index (χ4n) is 0.123. The Morgan fingerprint density at radius 2 is 2.12 bits per heavy atom. The highest BCUT2D eigenvalue weighted by Crippen LogP contribution is 1.84. The van der Waals surface area contributed by atoms with Gasteiger partial charge in [0.15, 0.2) is 16.1 Å². The van der Waals surface area contributed by atoms with Crippen LogP contribution < -0.4 is 0 Å². The molecular weight excluding hydrogens is 130 g/mol. The Hall–Kier alpha value is -0.670. The molecule has 0 aliphatic heterocycles. The molecule has 0 bridgehead atoms. The highest BCUT2D eigenvalue weighted by atomic mass is 32.2. The van der Waals surface area contributed by atoms with Gasteiger partial charge in [0.05, 0.1) is 0 Å². The first kappa shape index (κ1) is 7.33. The predicted molar refractivity (Wildman–Crippen MR) is 27.9 cm³/mol. The summed E-state index contributed by atoms with van der Waals surface area (Å²) in [4.78, 5) is 12.3. The highest BCUT2D eigenvalue weighted by Gasteiger charge is 1.96. The van der Waals surface area contributed by atoms with Gasteiger partial charge in [-0.3, -0.25) is 0 Å². The summed E-state index contributed by atoms with van der Waals surface area (Å²) >= 11 is 0. The molecule has 0 radical (unpaired) electrons. The van der Waals surface area contributed by atoms with Crippen molar-refractivity contribution >= 4 is 16.8 Å². The quantitative estimate of drug-likeness (QED) is 0.309. The topological polar surface area (TPSA) is 63.6 Å². The average molecular weight is 135 g/mol. The van der Waals surface area contributed by atoms with Gasteiger partial charge in [-0.25, -0.2) is 13.2 Å². The lowest BCUT2D eigenvalue weighted by Gasteiger charge is -1.84. The number of aliphatic imine (C=N–C) groups is 1. The van der Waals surface area contributed by atoms with Crippen LogP contribution in [0.1, 0.15) is 6.92 Å². The van der Waals surface area contributed by atoms with Crippen LogP contribution in [0, 0.1) is 0 Å². The molecule has 0 aliphatic carbocycles. The van der Waals surface area contributed by atoms with Crippen LogP contribution in [-0.2, 0) is 15.5 Å². The van der Waals surface area contributed by atoms with Gasteiger partial charge in [-0.1, -0.05) is 0 Å². The molecule has 0 saturated carbocycles. The number of hydrogen-bond donors (Lipinski definition) is 1. The molecule has 0 spiro atoms. The lowest BCUT2D eigenvalue weighted by Crippen LogP contribution is -1.97. The first-order valence-corrected chi connectivity index (χ1v) is 3.13. The Morgan fingerprint density at radius 1 is 1.62 bits per heavy atom. The second kappa shape index (κ2) is 3.35. The van der Waals surface area contributed by atoms with Gasteiger partial charge >= 0.3 is 0 Å². The van der Waals surface area contributed by atoms with E-state index in [0.29, 0.717) is 0 Å². The maximum absolute atomic E-state index is 9.85. The lowest BCUT2D eigenvalue weighted by atomic mass is 10.8. The fourth-order valence-corrected chi connectivity index (χ4v) is 0.265. The van der Waals surface area contributed by atoms with Crippen molar-refractivity contribution < 1.29 is 13.2 Å². The van der Waals surface area contributed by atoms with Gasteiger partial charge in [0, 0.05) is 0 Å². The second-order valence-electron chi connectivity index (χ2n) is 1.14. The molecule has 8 heavy (non-hydrogen) atoms. The van der Waals surface area contributed by atoms with Crippen LogP contribution >= 0.6 is 0 Å². The summed E-state index contributed by atoms with van der Waals surface area (Å²) in [6.45, 7) is 1.30. The van der Waals surface area contributed by atoms with Gasteiger partial charge < -0.3 is 0 Å². The molecule has 0 aromatic carbocycles. The molecule has 5 heteroatoms. The summed E-state index contributed by atoms with van der Waals surface area (Å²) < 4.78 is 19.7. The van der Waals surface area contributed by atoms with Crippen LogP contribution in [-0.4, -0.2) is 19.9 Å². The van der Waals surface area contributed by atoms with Crippen molar-refractivity contribution in [1.82, 2.24) is 0 Å². The second-order valence-corrected chi connectivity index (χ2v) is 2.46. The van der Waals surface area contributed by atoms with E-state index in [-0.39, 0.29) is 0 Å². The minimum atomic E-state index is -2.60. The summed E-state index contributed by atoms with van der Waals surface area (Å²) in [5, 5.41) is -0.928. The van der Waals surface area contributed by atoms with Crippen LogP contribution in [0.25, 0.3) is 0 Å². The van der Waals surface area contributed by atoms with E-state index in [0.717, 1.165) is 6.08 Å². The monoisotopic (exact) mass is 135 g/mol. The number of isocyanates is 1. The zero-order valence-corrected chi connectivity index (χ0v) is 5.09. The molecule has 0 aliphatic rings. The molecule has 4 nitrogen and oxygen atoms in total. The van der Waals surface area contributed by atoms with E-state index in [1.54, 1.807) is 0 Å². The number of thiol groups is 1. The fraction of sp³-hybridized carbons (Fsp3) is 0.667. The van der Waals surface area contributed by atoms with Crippen molar-refractivity contribution in [2.75, 3.05) is 0 Å². The summed E-state index contributed by atoms with van der Waals surface area (Å²) in [6.07, 6.45) is 1.14. The molecule has 0 aromatic heterocycles. The maximum atomic E-state index is 9.85. The van der Waals surface area contributed by atoms with Gasteiger partial charge in [-0.2, -0.15) is 4.99 Å². The molecule has 1 atom stereocenters. The zero-order valence-electron chi connectivity index (χ0n) is 4.20. The van der Waals surface area contributed by atoms with E-state index in [9.17, 15) is 13.2 Å². The minimum Gasteiger partial charge on any atom is -0.230 e. The normalized spacial score (nSPS) is 12.8. The highest BCUT2D eigenvalue weighted by molar-refractivity contribution is 7.73. The molecule has 46 valence electrons. The van der Waals surface area contributed by atoms with Crippen LogP contribution in [0.15, 0.2) is 4.99 Å². The van der Waals surface area contributed by atoms with Crippen molar-refractivity contribution in [1.29, 1.82) is 0 Å². The van der Waals surface area contributed by atoms with E-state index in [4.69, 9.17) is 0 Å². The third-order valence-electron chi connectivity index (χ3n) is 0.545. The van der Waals surface area contributed by atoms with Gasteiger partial charge in [0.1, 0.15) is 0 Å². The summed E-state index contributed by atoms with van der Waals surface area (Å²) in [5.74, 6) is 0. The van der Waals surface area contributed by atoms with Crippen molar-refractivity contribution in [3.05, 3.63) is 0 Å². The first-order chi connectivity index (χ1) is 3.68. The molecule has 0 aromatic rings. The van der Waals surface area contributed by atoms with Crippen LogP contribution in [0.2, 0.25) is 0 Å². The Labute approximate surface area is 48.2 Å². The molecule has 0 amide bonds. The molecule has 0 fully saturated rings. The van der Waals surface area contributed by atoms with E-state index < -0.39 is 16.1 Å². The van der Waals surface area contributed by atoms with E-state index in [1.807, 2.05) is 0 Å². The van der Waals surface area contributed by atoms with Gasteiger partial charge in [-0.15, -0.1) is 0 Å². The molecular formula is C3H5NO3S. The van der Waals surface area contributed by atoms with E-state index in [1.165, 1.54) is 6.92 Å². The van der Waals surface area contributed by atoms with Gasteiger partial charge in [0.25, 0.3) is 0 Å². The Morgan fingerprint density at radius 3 is 2.25 bits per heavy atom. The number of hydrogen-bond acceptors (Lipinski definition) is 4. The molecule has 0 heterocycles. The lowest BCUT2D eigenvalue weighted by molar-refractivity contribution is 0.560. The third-order valence-corrected chi connectivity index (χ3v) is 1.27. The number of nitrogens with zero attached hydrogens (tertiary/aromatic N) is 1. The Bertz CT molecular complexity index is 171. The van der Waals surface area contributed by atoms with Crippen LogP contribution in [0.5, 0.6) is 0 Å². The molecule has 0 rings (SSSR count). The summed E-state index contributed by atoms with van der Waals surface area (Å²) in [7, 11) is -2.60. The van der Waals surface area contributed by atoms with Crippen LogP contribution in [0.4, 0.5) is 0 Å². The first-order valence-electron chi connectivity index (χ1n) is 1.89. The average Bonchev–Trinajstić information content (AvgIpc) is 1.67. The molecule has 0 N–H and O–H groups in total. The third kappa shape index (κ3) is 2.49. The smallest absolute Gasteiger partial charge is 0.230 e. The Balaban J connectivity index is 4.03. The van der Waals surface area contributed by atoms with E-state index >= 15 is 0 Å². The largest absolute Gasteiger partial charge is 0.236 e. The number of carbonyl (C=O) groups excluding carboxylic acids is 1. The molecule has 0 saturated heterocycles. The molecule has 1 unspecified atom stereocenters. The standard InChI is InChI=1S/C3H5NO3S/c1-3(4-2-5)8(6)7/h3,8H,1H3. The summed E-state index contributed by atoms with van der Waals surface area (Å²) in [5.41, 5.74) is 0. The van der Waals surface area contributed by atoms with Crippen molar-refractivity contribution in [2.24, 2.45) is 4.99 Å². The number of rotatable bonds is 2. The SMILES string of the molecule is CC(N=C=O)[SH](=O)=O. The van der Waals surface area contributed by atoms with Crippen molar-refractivity contribution in [3.8, 4) is 0 Å². The zero-order chi connectivity index (χ0) is 6.57. The maximum Gasteiger partial charge on any atom is 0.236 e. The van der Waals surface area contributed by atoms with Gasteiger partial charge in [-0.05, 0) is 6.92 Å². The van der Waals surface area contributed by atoms with Crippen molar-refractivity contribution in [3.63, 3.8) is 0 Å². The minimum absolute atomic E-state index is 0.928. The predicted octanol–water partition coefficient (Wildman–Crippen LogP) is -0.720.